The van der Waals surface area contributed by atoms with Gasteiger partial charge in [0.05, 0.1) is 0 Å². The minimum absolute atomic E-state index is 0.230. The highest BCUT2D eigenvalue weighted by Gasteiger charge is 2.58. The molecule has 4 saturated carbocycles. The van der Waals surface area contributed by atoms with Crippen LogP contribution in [0.3, 0.4) is 0 Å². The van der Waals surface area contributed by atoms with Gasteiger partial charge in [-0.25, -0.2) is 0 Å². The quantitative estimate of drug-likeness (QED) is 0.687. The van der Waals surface area contributed by atoms with Gasteiger partial charge in [0.1, 0.15) is 0 Å². The molecule has 7 atom stereocenters. The summed E-state index contributed by atoms with van der Waals surface area (Å²) in [7, 11) is 0. The minimum atomic E-state index is 0.230. The Balaban J connectivity index is 1.53. The number of hydrogen-bond donors (Lipinski definition) is 1. The molecule has 7 unspecified atom stereocenters. The molecule has 1 heteroatoms. The van der Waals surface area contributed by atoms with Gasteiger partial charge in [-0.2, -0.15) is 0 Å². The Morgan fingerprint density at radius 1 is 0.870 bits per heavy atom. The average Bonchev–Trinajstić information content (AvgIpc) is 2.88. The summed E-state index contributed by atoms with van der Waals surface area (Å²) in [6.45, 7) is 5.04. The molecule has 0 aromatic rings. The van der Waals surface area contributed by atoms with Crippen LogP contribution in [0.25, 0.3) is 0 Å². The van der Waals surface area contributed by atoms with Crippen LogP contribution < -0.4 is 5.73 Å². The molecule has 0 saturated heterocycles. The van der Waals surface area contributed by atoms with E-state index in [1.807, 2.05) is 0 Å². The van der Waals surface area contributed by atoms with Crippen LogP contribution in [0.2, 0.25) is 0 Å². The van der Waals surface area contributed by atoms with E-state index in [-0.39, 0.29) is 5.54 Å². The topological polar surface area (TPSA) is 26.0 Å². The third-order valence-electron chi connectivity index (χ3n) is 9.20. The van der Waals surface area contributed by atoms with Gasteiger partial charge in [-0.15, -0.1) is 0 Å². The van der Waals surface area contributed by atoms with Gasteiger partial charge in [-0.1, -0.05) is 39.5 Å². The van der Waals surface area contributed by atoms with Crippen molar-refractivity contribution in [1.82, 2.24) is 0 Å². The van der Waals surface area contributed by atoms with Crippen molar-refractivity contribution >= 4 is 0 Å². The van der Waals surface area contributed by atoms with E-state index in [1.54, 1.807) is 0 Å². The molecule has 0 bridgehead atoms. The Bertz CT molecular complexity index is 432. The maximum Gasteiger partial charge on any atom is 0.0185 e. The van der Waals surface area contributed by atoms with Crippen molar-refractivity contribution in [2.24, 2.45) is 40.7 Å². The highest BCUT2D eigenvalue weighted by atomic mass is 14.8. The van der Waals surface area contributed by atoms with Gasteiger partial charge < -0.3 is 5.73 Å². The van der Waals surface area contributed by atoms with Crippen LogP contribution in [-0.4, -0.2) is 5.54 Å². The lowest BCUT2D eigenvalue weighted by molar-refractivity contribution is -0.0718. The van der Waals surface area contributed by atoms with Crippen molar-refractivity contribution in [1.29, 1.82) is 0 Å². The summed E-state index contributed by atoms with van der Waals surface area (Å²) in [5, 5.41) is 0. The maximum atomic E-state index is 6.93. The molecule has 132 valence electrons. The van der Waals surface area contributed by atoms with Crippen LogP contribution in [0.1, 0.15) is 97.3 Å². The van der Waals surface area contributed by atoms with E-state index >= 15 is 0 Å². The molecule has 0 spiro atoms. The summed E-state index contributed by atoms with van der Waals surface area (Å²) in [5.74, 6) is 4.95. The summed E-state index contributed by atoms with van der Waals surface area (Å²) < 4.78 is 0. The molecule has 0 amide bonds. The van der Waals surface area contributed by atoms with Crippen molar-refractivity contribution in [3.8, 4) is 0 Å². The highest BCUT2D eigenvalue weighted by molar-refractivity contribution is 5.10. The minimum Gasteiger partial charge on any atom is -0.325 e. The van der Waals surface area contributed by atoms with Gasteiger partial charge in [0, 0.05) is 5.54 Å². The van der Waals surface area contributed by atoms with Gasteiger partial charge >= 0.3 is 0 Å². The zero-order valence-corrected chi connectivity index (χ0v) is 15.7. The monoisotopic (exact) mass is 317 g/mol. The second-order valence-electron chi connectivity index (χ2n) is 10.0. The summed E-state index contributed by atoms with van der Waals surface area (Å²) in [4.78, 5) is 0. The summed E-state index contributed by atoms with van der Waals surface area (Å²) in [6.07, 6.45) is 18.8. The second-order valence-corrected chi connectivity index (χ2v) is 10.0. The number of hydrogen-bond acceptors (Lipinski definition) is 1. The normalized spacial score (nSPS) is 52.6. The van der Waals surface area contributed by atoms with E-state index in [1.165, 1.54) is 83.5 Å². The Labute approximate surface area is 144 Å². The van der Waals surface area contributed by atoms with Crippen LogP contribution in [-0.2, 0) is 0 Å². The Morgan fingerprint density at radius 2 is 1.65 bits per heavy atom. The molecule has 4 aliphatic rings. The van der Waals surface area contributed by atoms with Crippen LogP contribution in [0.15, 0.2) is 0 Å². The summed E-state index contributed by atoms with van der Waals surface area (Å²) in [6, 6.07) is 0. The highest BCUT2D eigenvalue weighted by Crippen LogP contribution is 2.65. The van der Waals surface area contributed by atoms with E-state index in [2.05, 4.69) is 13.8 Å². The molecule has 4 aliphatic carbocycles. The Morgan fingerprint density at radius 3 is 2.48 bits per heavy atom. The van der Waals surface area contributed by atoms with Crippen molar-refractivity contribution in [3.05, 3.63) is 0 Å². The van der Waals surface area contributed by atoms with E-state index in [4.69, 9.17) is 5.73 Å². The third-order valence-corrected chi connectivity index (χ3v) is 9.20. The van der Waals surface area contributed by atoms with Gasteiger partial charge in [-0.05, 0) is 92.8 Å². The standard InChI is InChI=1S/C22H39N/c1-3-4-7-16-9-10-19-17-12-15-22(23)13-6-5-8-20(22)18(17)11-14-21(16,19)2/h16-20H,3-15,23H2,1-2H3. The van der Waals surface area contributed by atoms with Gasteiger partial charge in [-0.3, -0.25) is 0 Å². The molecular weight excluding hydrogens is 278 g/mol. The van der Waals surface area contributed by atoms with E-state index in [9.17, 15) is 0 Å². The van der Waals surface area contributed by atoms with E-state index in [0.29, 0.717) is 5.41 Å². The van der Waals surface area contributed by atoms with E-state index in [0.717, 1.165) is 29.6 Å². The van der Waals surface area contributed by atoms with Crippen molar-refractivity contribution < 1.29 is 0 Å². The maximum absolute atomic E-state index is 6.93. The van der Waals surface area contributed by atoms with Gasteiger partial charge in [0.25, 0.3) is 0 Å². The summed E-state index contributed by atoms with van der Waals surface area (Å²) in [5.41, 5.74) is 7.84. The molecule has 23 heavy (non-hydrogen) atoms. The fourth-order valence-corrected chi connectivity index (χ4v) is 7.94. The van der Waals surface area contributed by atoms with Crippen LogP contribution >= 0.6 is 0 Å². The first-order valence-corrected chi connectivity index (χ1v) is 10.9. The zero-order chi connectivity index (χ0) is 16.1. The van der Waals surface area contributed by atoms with Crippen molar-refractivity contribution in [3.63, 3.8) is 0 Å². The SMILES string of the molecule is CCCCC1CCC2C3CCC4(N)CCCCC4C3CCC12C. The smallest absolute Gasteiger partial charge is 0.0185 e. The Kier molecular flexibility index (Phi) is 4.32. The lowest BCUT2D eigenvalue weighted by Gasteiger charge is -2.59. The molecule has 0 radical (unpaired) electrons. The molecule has 0 aliphatic heterocycles. The first-order chi connectivity index (χ1) is 11.1. The fraction of sp³-hybridized carbons (Fsp3) is 1.00. The molecule has 1 nitrogen and oxygen atoms in total. The lowest BCUT2D eigenvalue weighted by atomic mass is 9.48. The molecule has 4 rings (SSSR count). The molecule has 2 N–H and O–H groups in total. The average molecular weight is 318 g/mol. The molecule has 0 aromatic heterocycles. The zero-order valence-electron chi connectivity index (χ0n) is 15.7. The van der Waals surface area contributed by atoms with Crippen LogP contribution in [0, 0.1) is 35.0 Å². The molecule has 0 heterocycles. The lowest BCUT2D eigenvalue weighted by Crippen LogP contribution is -2.59. The number of fused-ring (bicyclic) bond motifs is 5. The predicted octanol–water partition coefficient (Wildman–Crippen LogP) is 5.92. The first kappa shape index (κ1) is 16.4. The van der Waals surface area contributed by atoms with Gasteiger partial charge in [0.15, 0.2) is 0 Å². The Hall–Kier alpha value is -0.0400. The fourth-order valence-electron chi connectivity index (χ4n) is 7.94. The largest absolute Gasteiger partial charge is 0.325 e. The second kappa shape index (κ2) is 6.04. The van der Waals surface area contributed by atoms with Crippen molar-refractivity contribution in [2.45, 2.75) is 103 Å². The third kappa shape index (κ3) is 2.52. The van der Waals surface area contributed by atoms with E-state index < -0.39 is 0 Å². The number of rotatable bonds is 3. The van der Waals surface area contributed by atoms with Crippen molar-refractivity contribution in [2.75, 3.05) is 0 Å². The molecule has 0 aromatic carbocycles. The number of unbranched alkanes of at least 4 members (excludes halogenated alkanes) is 1. The number of nitrogens with two attached hydrogens (primary N) is 1. The van der Waals surface area contributed by atoms with Crippen LogP contribution in [0.4, 0.5) is 0 Å². The molecular formula is C22H39N. The van der Waals surface area contributed by atoms with Gasteiger partial charge in [0.2, 0.25) is 0 Å². The molecule has 4 fully saturated rings. The van der Waals surface area contributed by atoms with Crippen LogP contribution in [0.5, 0.6) is 0 Å². The predicted molar refractivity (Wildman–Crippen MR) is 98.2 cm³/mol. The summed E-state index contributed by atoms with van der Waals surface area (Å²) >= 11 is 0. The first-order valence-electron chi connectivity index (χ1n) is 10.9.